The molecule has 2 aliphatic rings. The molecule has 2 saturated heterocycles. The fourth-order valence-electron chi connectivity index (χ4n) is 6.57. The van der Waals surface area contributed by atoms with Gasteiger partial charge in [-0.1, -0.05) is 27.7 Å². The number of amides is 2. The molecule has 55 heavy (non-hydrogen) atoms. The van der Waals surface area contributed by atoms with Crippen molar-refractivity contribution in [2.24, 2.45) is 7.05 Å². The molecule has 2 fully saturated rings. The third-order valence-electron chi connectivity index (χ3n) is 9.91. The van der Waals surface area contributed by atoms with Gasteiger partial charge in [0.15, 0.2) is 0 Å². The van der Waals surface area contributed by atoms with E-state index >= 15 is 0 Å². The molecule has 2 aliphatic heterocycles. The lowest BCUT2D eigenvalue weighted by molar-refractivity contribution is -0.117. The SMILES string of the molecule is CC(C)c1cc(C(=O)N2CCC(c3ccn(C(C)C)c(=O)n3)C2)n[nH]1.COc1cc(-c2cnn(C)c2)cc(C2CCN(C=O)C2)n1.Cc1cc(C(C)C)n[nH]1. The summed E-state index contributed by atoms with van der Waals surface area (Å²) < 4.78 is 8.69. The zero-order valence-corrected chi connectivity index (χ0v) is 33.5. The van der Waals surface area contributed by atoms with Crippen LogP contribution in [0.1, 0.15) is 123 Å². The second kappa shape index (κ2) is 18.2. The fraction of sp³-hybridized carbons (Fsp3) is 0.500. The van der Waals surface area contributed by atoms with E-state index in [0.717, 1.165) is 71.9 Å². The van der Waals surface area contributed by atoms with Crippen molar-refractivity contribution in [3.05, 3.63) is 93.6 Å². The number of ether oxygens (including phenoxy) is 1. The average Bonchev–Trinajstić information content (AvgIpc) is 4.02. The zero-order chi connectivity index (χ0) is 39.8. The Morgan fingerprint density at radius 2 is 1.65 bits per heavy atom. The second-order valence-electron chi connectivity index (χ2n) is 15.2. The predicted molar refractivity (Wildman–Crippen MR) is 210 cm³/mol. The highest BCUT2D eigenvalue weighted by Gasteiger charge is 2.30. The van der Waals surface area contributed by atoms with E-state index in [4.69, 9.17) is 4.74 Å². The number of methoxy groups -OCH3 is 1. The molecule has 0 aromatic carbocycles. The third-order valence-corrected chi connectivity index (χ3v) is 9.91. The molecule has 15 heteroatoms. The van der Waals surface area contributed by atoms with Crippen LogP contribution < -0.4 is 10.4 Å². The van der Waals surface area contributed by atoms with Crippen molar-refractivity contribution < 1.29 is 14.3 Å². The first-order valence-electron chi connectivity index (χ1n) is 19.0. The summed E-state index contributed by atoms with van der Waals surface area (Å²) in [5.74, 6) is 1.73. The predicted octanol–water partition coefficient (Wildman–Crippen LogP) is 5.58. The molecule has 2 N–H and O–H groups in total. The number of hydrogen-bond acceptors (Lipinski definition) is 9. The molecule has 7 rings (SSSR count). The highest BCUT2D eigenvalue weighted by molar-refractivity contribution is 5.92. The van der Waals surface area contributed by atoms with Gasteiger partial charge in [-0.15, -0.1) is 0 Å². The maximum Gasteiger partial charge on any atom is 0.348 e. The number of carbonyl (C=O) groups excluding carboxylic acids is 2. The van der Waals surface area contributed by atoms with Crippen molar-refractivity contribution in [1.29, 1.82) is 0 Å². The van der Waals surface area contributed by atoms with E-state index < -0.39 is 0 Å². The van der Waals surface area contributed by atoms with E-state index in [1.165, 1.54) is 0 Å². The molecule has 0 spiro atoms. The van der Waals surface area contributed by atoms with Crippen molar-refractivity contribution in [3.8, 4) is 17.0 Å². The fourth-order valence-corrected chi connectivity index (χ4v) is 6.57. The number of nitrogens with zero attached hydrogens (tertiary/aromatic N) is 9. The van der Waals surface area contributed by atoms with Gasteiger partial charge in [-0.05, 0) is 75.3 Å². The molecule has 2 amide bonds. The van der Waals surface area contributed by atoms with E-state index in [1.54, 1.807) is 32.4 Å². The summed E-state index contributed by atoms with van der Waals surface area (Å²) >= 11 is 0. The van der Waals surface area contributed by atoms with Crippen LogP contribution in [0.15, 0.2) is 53.7 Å². The minimum atomic E-state index is -0.230. The Balaban J connectivity index is 0.000000174. The van der Waals surface area contributed by atoms with Gasteiger partial charge in [0.2, 0.25) is 12.3 Å². The number of aryl methyl sites for hydroxylation is 2. The molecule has 2 unspecified atom stereocenters. The van der Waals surface area contributed by atoms with Crippen molar-refractivity contribution in [3.63, 3.8) is 0 Å². The number of pyridine rings is 1. The van der Waals surface area contributed by atoms with Gasteiger partial charge in [0.1, 0.15) is 5.69 Å². The third kappa shape index (κ3) is 10.3. The summed E-state index contributed by atoms with van der Waals surface area (Å²) in [7, 11) is 3.51. The summed E-state index contributed by atoms with van der Waals surface area (Å²) in [5, 5.41) is 18.3. The lowest BCUT2D eigenvalue weighted by Crippen LogP contribution is -2.29. The number of carbonyl (C=O) groups is 2. The van der Waals surface area contributed by atoms with Crippen LogP contribution in [0.2, 0.25) is 0 Å². The van der Waals surface area contributed by atoms with Crippen molar-refractivity contribution in [2.45, 2.75) is 91.0 Å². The molecule has 7 heterocycles. The van der Waals surface area contributed by atoms with Gasteiger partial charge in [0, 0.05) is 92.2 Å². The van der Waals surface area contributed by atoms with Crippen LogP contribution in [0.5, 0.6) is 5.88 Å². The summed E-state index contributed by atoms with van der Waals surface area (Å²) in [5.41, 5.74) is 7.27. The molecule has 0 saturated carbocycles. The van der Waals surface area contributed by atoms with E-state index in [0.29, 0.717) is 36.5 Å². The highest BCUT2D eigenvalue weighted by atomic mass is 16.5. The van der Waals surface area contributed by atoms with Crippen LogP contribution in [0.4, 0.5) is 0 Å². The molecular weight excluding hydrogens is 699 g/mol. The number of rotatable bonds is 9. The summed E-state index contributed by atoms with van der Waals surface area (Å²) in [6, 6.07) is 9.86. The lowest BCUT2D eigenvalue weighted by Gasteiger charge is -2.15. The maximum atomic E-state index is 12.6. The van der Waals surface area contributed by atoms with Crippen LogP contribution in [0, 0.1) is 6.92 Å². The molecule has 0 bridgehead atoms. The quantitative estimate of drug-likeness (QED) is 0.182. The largest absolute Gasteiger partial charge is 0.481 e. The van der Waals surface area contributed by atoms with Gasteiger partial charge >= 0.3 is 5.69 Å². The summed E-state index contributed by atoms with van der Waals surface area (Å²) in [6.07, 6.45) is 8.23. The lowest BCUT2D eigenvalue weighted by atomic mass is 10.0. The zero-order valence-electron chi connectivity index (χ0n) is 33.5. The average molecular weight is 754 g/mol. The van der Waals surface area contributed by atoms with Gasteiger partial charge in [0.05, 0.1) is 24.7 Å². The van der Waals surface area contributed by atoms with Gasteiger partial charge in [-0.25, -0.2) is 9.78 Å². The monoisotopic (exact) mass is 753 g/mol. The second-order valence-corrected chi connectivity index (χ2v) is 15.2. The molecule has 0 aliphatic carbocycles. The first-order valence-corrected chi connectivity index (χ1v) is 19.0. The molecule has 15 nitrogen and oxygen atoms in total. The van der Waals surface area contributed by atoms with E-state index in [1.807, 2.05) is 58.4 Å². The molecular formula is C40H55N11O4. The van der Waals surface area contributed by atoms with Crippen molar-refractivity contribution in [1.82, 2.24) is 54.5 Å². The number of likely N-dealkylation sites (tertiary alicyclic amines) is 2. The number of H-pyrrole nitrogens is 2. The van der Waals surface area contributed by atoms with E-state index in [2.05, 4.69) is 75.3 Å². The Labute approximate surface area is 322 Å². The van der Waals surface area contributed by atoms with Crippen LogP contribution in [-0.2, 0) is 11.8 Å². The van der Waals surface area contributed by atoms with Gasteiger partial charge < -0.3 is 14.5 Å². The maximum absolute atomic E-state index is 12.6. The Hall–Kier alpha value is -5.60. The number of nitrogens with one attached hydrogen (secondary N) is 2. The molecule has 5 aromatic rings. The Morgan fingerprint density at radius 3 is 2.20 bits per heavy atom. The minimum Gasteiger partial charge on any atom is -0.481 e. The van der Waals surface area contributed by atoms with Gasteiger partial charge in [-0.2, -0.15) is 20.3 Å². The molecule has 2 atom stereocenters. The number of hydrogen-bond donors (Lipinski definition) is 2. The number of aromatic amines is 2. The number of aromatic nitrogens is 9. The normalized spacial score (nSPS) is 16.7. The standard InChI is InChI=1S/C18H25N5O2.C15H18N4O2.C7H12N2/c1-11(2)15-9-16(21-20-15)17(24)22-7-5-13(10-22)14-6-8-23(12(3)4)18(25)19-14;1-18-8-13(7-16-18)12-5-14(17-15(6-12)21-2)11-3-4-19(9-11)10-20;1-5(2)7-4-6(3)8-9-7/h6,8-9,11-13H,5,7,10H2,1-4H3,(H,20,21);5-8,10-11H,3-4,9H2,1-2H3;4-5H,1-3H3,(H,8,9). The molecule has 294 valence electrons. The van der Waals surface area contributed by atoms with Gasteiger partial charge in [0.25, 0.3) is 5.91 Å². The van der Waals surface area contributed by atoms with Crippen LogP contribution in [0.25, 0.3) is 11.1 Å². The molecule has 0 radical (unpaired) electrons. The Bertz CT molecular complexity index is 2090. The topological polar surface area (TPSA) is 173 Å². The van der Waals surface area contributed by atoms with Crippen LogP contribution in [-0.4, -0.2) is 100 Å². The van der Waals surface area contributed by atoms with Crippen molar-refractivity contribution >= 4 is 12.3 Å². The van der Waals surface area contributed by atoms with Gasteiger partial charge in [-0.3, -0.25) is 29.0 Å². The Morgan fingerprint density at radius 1 is 0.909 bits per heavy atom. The first-order chi connectivity index (χ1) is 26.3. The Kier molecular flexibility index (Phi) is 13.4. The van der Waals surface area contributed by atoms with E-state index in [-0.39, 0.29) is 29.5 Å². The first kappa shape index (κ1) is 40.6. The minimum absolute atomic E-state index is 0.0684. The van der Waals surface area contributed by atoms with Crippen LogP contribution >= 0.6 is 0 Å². The van der Waals surface area contributed by atoms with E-state index in [9.17, 15) is 14.4 Å². The smallest absolute Gasteiger partial charge is 0.348 e. The highest BCUT2D eigenvalue weighted by Crippen LogP contribution is 2.31. The van der Waals surface area contributed by atoms with Crippen molar-refractivity contribution in [2.75, 3.05) is 33.3 Å². The summed E-state index contributed by atoms with van der Waals surface area (Å²) in [4.78, 5) is 47.9. The summed E-state index contributed by atoms with van der Waals surface area (Å²) in [6.45, 7) is 17.0. The van der Waals surface area contributed by atoms with Crippen LogP contribution in [0.3, 0.4) is 0 Å². The molecule has 5 aromatic heterocycles.